The van der Waals surface area contributed by atoms with Gasteiger partial charge in [0.2, 0.25) is 23.6 Å². The summed E-state index contributed by atoms with van der Waals surface area (Å²) in [6.07, 6.45) is 4.83. The number of carbonyl (C=O) groups excluding carboxylic acids is 4. The Morgan fingerprint density at radius 1 is 0.833 bits per heavy atom. The van der Waals surface area contributed by atoms with E-state index in [0.29, 0.717) is 18.4 Å². The number of nitrogens with one attached hydrogen (secondary N) is 4. The number of nitrogens with two attached hydrogens (primary N) is 2. The lowest BCUT2D eigenvalue weighted by atomic mass is 9.83. The molecule has 1 fully saturated rings. The van der Waals surface area contributed by atoms with Crippen molar-refractivity contribution in [2.75, 3.05) is 0 Å². The molecule has 4 amide bonds. The van der Waals surface area contributed by atoms with E-state index < -0.39 is 59.5 Å². The monoisotopic (exact) mass is 656 g/mol. The number of aromatic nitrogens is 1. The highest BCUT2D eigenvalue weighted by Crippen LogP contribution is 2.26. The van der Waals surface area contributed by atoms with Crippen LogP contribution in [-0.2, 0) is 38.4 Å². The average molecular weight is 657 g/mol. The van der Waals surface area contributed by atoms with E-state index in [1.807, 2.05) is 24.3 Å². The summed E-state index contributed by atoms with van der Waals surface area (Å²) in [5, 5.41) is 19.0. The van der Waals surface area contributed by atoms with Crippen molar-refractivity contribution >= 4 is 34.5 Å². The zero-order chi connectivity index (χ0) is 34.2. The maximum absolute atomic E-state index is 13.9. The van der Waals surface area contributed by atoms with Gasteiger partial charge in [-0.15, -0.1) is 0 Å². The molecule has 1 aliphatic rings. The van der Waals surface area contributed by atoms with Gasteiger partial charge in [-0.05, 0) is 66.3 Å². The molecule has 5 rings (SSSR count). The summed E-state index contributed by atoms with van der Waals surface area (Å²) in [6, 6.07) is 16.0. The van der Waals surface area contributed by atoms with E-state index >= 15 is 0 Å². The molecule has 1 saturated carbocycles. The molecule has 0 unspecified atom stereocenters. The quantitative estimate of drug-likeness (QED) is 0.116. The van der Waals surface area contributed by atoms with Crippen molar-refractivity contribution in [3.8, 4) is 5.75 Å². The molecule has 252 valence electrons. The van der Waals surface area contributed by atoms with Crippen molar-refractivity contribution in [2.45, 2.75) is 69.1 Å². The molecule has 9 N–H and O–H groups in total. The molecule has 0 radical (unpaired) electrons. The zero-order valence-corrected chi connectivity index (χ0v) is 26.5. The van der Waals surface area contributed by atoms with Crippen LogP contribution >= 0.6 is 0 Å². The van der Waals surface area contributed by atoms with Crippen LogP contribution in [-0.4, -0.2) is 57.9 Å². The third-order valence-corrected chi connectivity index (χ3v) is 8.90. The molecule has 48 heavy (non-hydrogen) atoms. The van der Waals surface area contributed by atoms with Gasteiger partial charge >= 0.3 is 0 Å². The largest absolute Gasteiger partial charge is 0.508 e. The fourth-order valence-corrected chi connectivity index (χ4v) is 6.25. The summed E-state index contributed by atoms with van der Waals surface area (Å²) in [4.78, 5) is 56.4. The maximum Gasteiger partial charge on any atom is 0.243 e. The molecule has 4 aromatic rings. The predicted octanol–water partition coefficient (Wildman–Crippen LogP) is 2.50. The smallest absolute Gasteiger partial charge is 0.243 e. The van der Waals surface area contributed by atoms with Crippen LogP contribution in [0.2, 0.25) is 0 Å². The highest BCUT2D eigenvalue weighted by atomic mass is 19.1. The number of fused-ring (bicyclic) bond motifs is 1. The maximum atomic E-state index is 13.9. The molecule has 3 aromatic carbocycles. The van der Waals surface area contributed by atoms with Crippen LogP contribution < -0.4 is 27.4 Å². The lowest BCUT2D eigenvalue weighted by Crippen LogP contribution is -2.57. The van der Waals surface area contributed by atoms with E-state index in [1.165, 1.54) is 36.4 Å². The summed E-state index contributed by atoms with van der Waals surface area (Å²) < 4.78 is 13.5. The standard InChI is InChI=1S/C36H41FN6O5/c37-24-13-9-22(10-14-24)18-31(33(39)45)42-36(48)32(19-23-20-40-29-7-3-1-5-26(23)29)43-34(46)27-6-2-4-8-30(27)41-35(47)28(38)17-21-11-15-25(44)16-12-21/h1,3,5,7,9-16,20,27-28,30-32,40,44H,2,4,6,8,17-19,38H2,(H2,39,45)(H,41,47)(H,42,48)(H,43,46)/t27-,28-,30+,31-,32-/m0/s1. The van der Waals surface area contributed by atoms with Gasteiger partial charge in [-0.25, -0.2) is 4.39 Å². The van der Waals surface area contributed by atoms with E-state index in [1.54, 1.807) is 18.3 Å². The SMILES string of the molecule is NC(=O)[C@H](Cc1ccc(F)cc1)NC(=O)[C@H](Cc1c[nH]c2ccccc12)NC(=O)[C@H]1CCCC[C@H]1NC(=O)[C@@H](N)Cc1ccc(O)cc1. The third-order valence-electron chi connectivity index (χ3n) is 8.90. The first-order chi connectivity index (χ1) is 23.1. The number of rotatable bonds is 13. The number of amides is 4. The summed E-state index contributed by atoms with van der Waals surface area (Å²) in [5.41, 5.74) is 14.9. The first kappa shape index (κ1) is 34.1. The normalized spacial score (nSPS) is 18.0. The molecular formula is C36H41FN6O5. The number of carbonyl (C=O) groups is 4. The number of para-hydroxylation sites is 1. The number of phenolic OH excluding ortho intramolecular Hbond substituents is 1. The molecule has 1 heterocycles. The Balaban J connectivity index is 1.31. The number of hydrogen-bond donors (Lipinski definition) is 7. The lowest BCUT2D eigenvalue weighted by Gasteiger charge is -2.33. The van der Waals surface area contributed by atoms with Gasteiger partial charge in [0.1, 0.15) is 23.7 Å². The Hall–Kier alpha value is -5.23. The number of hydrogen-bond acceptors (Lipinski definition) is 6. The zero-order valence-electron chi connectivity index (χ0n) is 26.5. The fraction of sp³-hybridized carbons (Fsp3) is 0.333. The van der Waals surface area contributed by atoms with Crippen molar-refractivity contribution in [1.82, 2.24) is 20.9 Å². The Morgan fingerprint density at radius 2 is 1.50 bits per heavy atom. The number of benzene rings is 3. The minimum absolute atomic E-state index is 0.0379. The number of aromatic hydroxyl groups is 1. The summed E-state index contributed by atoms with van der Waals surface area (Å²) >= 11 is 0. The summed E-state index contributed by atoms with van der Waals surface area (Å²) in [6.45, 7) is 0. The molecule has 1 aliphatic carbocycles. The van der Waals surface area contributed by atoms with Gasteiger partial charge < -0.3 is 37.5 Å². The second-order valence-electron chi connectivity index (χ2n) is 12.4. The minimum atomic E-state index is -1.11. The highest BCUT2D eigenvalue weighted by Gasteiger charge is 2.36. The van der Waals surface area contributed by atoms with Crippen LogP contribution in [0.1, 0.15) is 42.4 Å². The molecule has 0 spiro atoms. The van der Waals surface area contributed by atoms with Crippen molar-refractivity contribution in [3.63, 3.8) is 0 Å². The second-order valence-corrected chi connectivity index (χ2v) is 12.4. The van der Waals surface area contributed by atoms with Crippen LogP contribution in [0.15, 0.2) is 79.0 Å². The van der Waals surface area contributed by atoms with Crippen molar-refractivity contribution < 1.29 is 28.7 Å². The molecule has 11 nitrogen and oxygen atoms in total. The first-order valence-corrected chi connectivity index (χ1v) is 16.1. The lowest BCUT2D eigenvalue weighted by molar-refractivity contribution is -0.134. The minimum Gasteiger partial charge on any atom is -0.508 e. The molecule has 5 atom stereocenters. The van der Waals surface area contributed by atoms with E-state index in [-0.39, 0.29) is 25.0 Å². The van der Waals surface area contributed by atoms with Crippen LogP contribution in [0.5, 0.6) is 5.75 Å². The molecular weight excluding hydrogens is 615 g/mol. The Kier molecular flexibility index (Phi) is 11.1. The topological polar surface area (TPSA) is 192 Å². The van der Waals surface area contributed by atoms with Crippen LogP contribution in [0.3, 0.4) is 0 Å². The fourth-order valence-electron chi connectivity index (χ4n) is 6.25. The van der Waals surface area contributed by atoms with E-state index in [4.69, 9.17) is 11.5 Å². The number of halogens is 1. The van der Waals surface area contributed by atoms with Crippen LogP contribution in [0.25, 0.3) is 10.9 Å². The van der Waals surface area contributed by atoms with Gasteiger partial charge in [0.15, 0.2) is 0 Å². The second kappa shape index (κ2) is 15.6. The summed E-state index contributed by atoms with van der Waals surface area (Å²) in [7, 11) is 0. The number of aromatic amines is 1. The first-order valence-electron chi connectivity index (χ1n) is 16.1. The predicted molar refractivity (Wildman–Crippen MR) is 179 cm³/mol. The van der Waals surface area contributed by atoms with Gasteiger partial charge in [0.05, 0.1) is 12.0 Å². The van der Waals surface area contributed by atoms with E-state index in [0.717, 1.165) is 34.9 Å². The number of phenols is 1. The van der Waals surface area contributed by atoms with Crippen LogP contribution in [0, 0.1) is 11.7 Å². The molecule has 0 bridgehead atoms. The van der Waals surface area contributed by atoms with Crippen molar-refractivity contribution in [2.24, 2.45) is 17.4 Å². The van der Waals surface area contributed by atoms with Crippen molar-refractivity contribution in [3.05, 3.63) is 102 Å². The van der Waals surface area contributed by atoms with Crippen molar-refractivity contribution in [1.29, 1.82) is 0 Å². The molecule has 12 heteroatoms. The number of H-pyrrole nitrogens is 1. The van der Waals surface area contributed by atoms with E-state index in [9.17, 15) is 28.7 Å². The van der Waals surface area contributed by atoms with E-state index in [2.05, 4.69) is 20.9 Å². The van der Waals surface area contributed by atoms with Gasteiger partial charge in [-0.3, -0.25) is 19.2 Å². The van der Waals surface area contributed by atoms with Crippen LogP contribution in [0.4, 0.5) is 4.39 Å². The average Bonchev–Trinajstić information content (AvgIpc) is 3.48. The van der Waals surface area contributed by atoms with Gasteiger partial charge in [-0.2, -0.15) is 0 Å². The Labute approximate surface area is 277 Å². The van der Waals surface area contributed by atoms with Gasteiger partial charge in [0.25, 0.3) is 0 Å². The third kappa shape index (κ3) is 8.77. The molecule has 1 aromatic heterocycles. The van der Waals surface area contributed by atoms with Gasteiger partial charge in [-0.1, -0.05) is 55.3 Å². The number of primary amides is 1. The highest BCUT2D eigenvalue weighted by molar-refractivity contribution is 5.93. The molecule has 0 aliphatic heterocycles. The van der Waals surface area contributed by atoms with Gasteiger partial charge in [0, 0.05) is 36.0 Å². The molecule has 0 saturated heterocycles. The Bertz CT molecular complexity index is 1740. The Morgan fingerprint density at radius 3 is 2.23 bits per heavy atom. The summed E-state index contributed by atoms with van der Waals surface area (Å²) in [5.74, 6) is -3.12.